The Bertz CT molecular complexity index is 858. The van der Waals surface area contributed by atoms with Crippen molar-refractivity contribution in [1.29, 1.82) is 0 Å². The Labute approximate surface area is 148 Å². The first-order valence-electron chi connectivity index (χ1n) is 8.04. The number of benzene rings is 1. The lowest BCUT2D eigenvalue weighted by Gasteiger charge is -2.12. The highest BCUT2D eigenvalue weighted by molar-refractivity contribution is 5.83. The van der Waals surface area contributed by atoms with Crippen molar-refractivity contribution in [2.45, 2.75) is 25.3 Å². The van der Waals surface area contributed by atoms with Crippen LogP contribution in [0.15, 0.2) is 57.7 Å². The lowest BCUT2D eigenvalue weighted by Crippen LogP contribution is -2.42. The second-order valence-electron chi connectivity index (χ2n) is 5.62. The molecule has 1 atom stereocenters. The predicted molar refractivity (Wildman–Crippen MR) is 90.0 cm³/mol. The van der Waals surface area contributed by atoms with E-state index in [1.165, 1.54) is 6.26 Å². The minimum absolute atomic E-state index is 0.0400. The molecule has 134 valence electrons. The van der Waals surface area contributed by atoms with Gasteiger partial charge in [0.05, 0.1) is 6.26 Å². The third-order valence-corrected chi connectivity index (χ3v) is 3.68. The number of nitrogens with zero attached hydrogens (tertiary/aromatic N) is 2. The van der Waals surface area contributed by atoms with E-state index in [0.29, 0.717) is 17.5 Å². The molecule has 8 nitrogen and oxygen atoms in total. The zero-order valence-electron chi connectivity index (χ0n) is 13.8. The maximum absolute atomic E-state index is 12.0. The highest BCUT2D eigenvalue weighted by atomic mass is 16.5. The SMILES string of the molecule is O=C(CCc1nc(-c2ccccc2)no1)N[C@H](Cc1ccco1)C(=O)O. The smallest absolute Gasteiger partial charge is 0.326 e. The number of rotatable bonds is 8. The van der Waals surface area contributed by atoms with E-state index in [1.54, 1.807) is 12.1 Å². The van der Waals surface area contributed by atoms with Gasteiger partial charge in [0, 0.05) is 24.8 Å². The number of hydrogen-bond acceptors (Lipinski definition) is 6. The minimum atomic E-state index is -1.13. The van der Waals surface area contributed by atoms with Crippen molar-refractivity contribution < 1.29 is 23.6 Å². The molecule has 0 saturated heterocycles. The molecule has 1 aromatic carbocycles. The van der Waals surface area contributed by atoms with Gasteiger partial charge >= 0.3 is 5.97 Å². The molecular weight excluding hydrogens is 338 g/mol. The second-order valence-corrected chi connectivity index (χ2v) is 5.62. The van der Waals surface area contributed by atoms with Crippen molar-refractivity contribution in [2.24, 2.45) is 0 Å². The Morgan fingerprint density at radius 2 is 1.96 bits per heavy atom. The van der Waals surface area contributed by atoms with Crippen LogP contribution in [-0.2, 0) is 22.4 Å². The van der Waals surface area contributed by atoms with Crippen LogP contribution >= 0.6 is 0 Å². The van der Waals surface area contributed by atoms with E-state index in [4.69, 9.17) is 8.94 Å². The van der Waals surface area contributed by atoms with E-state index in [9.17, 15) is 14.7 Å². The molecule has 0 aliphatic rings. The fourth-order valence-corrected chi connectivity index (χ4v) is 2.38. The van der Waals surface area contributed by atoms with Gasteiger partial charge in [0.1, 0.15) is 11.8 Å². The molecule has 26 heavy (non-hydrogen) atoms. The van der Waals surface area contributed by atoms with E-state index in [-0.39, 0.29) is 19.3 Å². The fraction of sp³-hybridized carbons (Fsp3) is 0.222. The normalized spacial score (nSPS) is 11.8. The van der Waals surface area contributed by atoms with Crippen molar-refractivity contribution >= 4 is 11.9 Å². The zero-order chi connectivity index (χ0) is 18.4. The third-order valence-electron chi connectivity index (χ3n) is 3.68. The molecule has 3 rings (SSSR count). The number of nitrogens with one attached hydrogen (secondary N) is 1. The van der Waals surface area contributed by atoms with Gasteiger partial charge in [0.25, 0.3) is 0 Å². The number of aromatic nitrogens is 2. The monoisotopic (exact) mass is 355 g/mol. The van der Waals surface area contributed by atoms with Crippen LogP contribution < -0.4 is 5.32 Å². The number of furan rings is 1. The summed E-state index contributed by atoms with van der Waals surface area (Å²) in [7, 11) is 0. The van der Waals surface area contributed by atoms with E-state index >= 15 is 0 Å². The molecule has 2 heterocycles. The molecule has 3 aromatic rings. The zero-order valence-corrected chi connectivity index (χ0v) is 13.8. The number of carbonyl (C=O) groups is 2. The van der Waals surface area contributed by atoms with Gasteiger partial charge in [-0.3, -0.25) is 4.79 Å². The van der Waals surface area contributed by atoms with Gasteiger partial charge < -0.3 is 19.4 Å². The number of carbonyl (C=O) groups excluding carboxylic acids is 1. The molecule has 0 spiro atoms. The Morgan fingerprint density at radius 1 is 1.15 bits per heavy atom. The topological polar surface area (TPSA) is 118 Å². The van der Waals surface area contributed by atoms with Crippen LogP contribution in [0.5, 0.6) is 0 Å². The molecule has 0 aliphatic carbocycles. The lowest BCUT2D eigenvalue weighted by atomic mass is 10.1. The first-order valence-corrected chi connectivity index (χ1v) is 8.04. The Hall–Kier alpha value is -3.42. The van der Waals surface area contributed by atoms with Crippen LogP contribution in [0.25, 0.3) is 11.4 Å². The summed E-state index contributed by atoms with van der Waals surface area (Å²) < 4.78 is 10.3. The Balaban J connectivity index is 1.53. The van der Waals surface area contributed by atoms with Crippen LogP contribution in [0, 0.1) is 0 Å². The quantitative estimate of drug-likeness (QED) is 0.635. The molecule has 0 fully saturated rings. The molecule has 0 saturated carbocycles. The molecular formula is C18H17N3O5. The van der Waals surface area contributed by atoms with Crippen molar-refractivity contribution in [3.05, 3.63) is 60.4 Å². The van der Waals surface area contributed by atoms with Gasteiger partial charge in [-0.15, -0.1) is 0 Å². The van der Waals surface area contributed by atoms with E-state index in [2.05, 4.69) is 15.5 Å². The van der Waals surface area contributed by atoms with Gasteiger partial charge in [-0.25, -0.2) is 4.79 Å². The number of hydrogen-bond donors (Lipinski definition) is 2. The van der Waals surface area contributed by atoms with Crippen LogP contribution in [0.3, 0.4) is 0 Å². The van der Waals surface area contributed by atoms with Crippen LogP contribution in [0.1, 0.15) is 18.1 Å². The van der Waals surface area contributed by atoms with Gasteiger partial charge in [0.2, 0.25) is 17.6 Å². The summed E-state index contributed by atoms with van der Waals surface area (Å²) in [4.78, 5) is 27.6. The molecule has 8 heteroatoms. The first kappa shape index (κ1) is 17.4. The average molecular weight is 355 g/mol. The summed E-state index contributed by atoms with van der Waals surface area (Å²) in [5.41, 5.74) is 0.816. The summed E-state index contributed by atoms with van der Waals surface area (Å²) >= 11 is 0. The number of carboxylic acid groups (broad SMARTS) is 1. The summed E-state index contributed by atoms with van der Waals surface area (Å²) in [6, 6.07) is 11.6. The third kappa shape index (κ3) is 4.56. The number of aliphatic carboxylic acids is 1. The summed E-state index contributed by atoms with van der Waals surface area (Å²) in [5, 5.41) is 15.6. The number of amides is 1. The molecule has 2 aromatic heterocycles. The summed E-state index contributed by atoms with van der Waals surface area (Å²) in [6.07, 6.45) is 1.79. The van der Waals surface area contributed by atoms with E-state index in [1.807, 2.05) is 30.3 Å². The summed E-state index contributed by atoms with van der Waals surface area (Å²) in [5.74, 6) is -0.288. The molecule has 0 radical (unpaired) electrons. The second kappa shape index (κ2) is 8.11. The van der Waals surface area contributed by atoms with Crippen molar-refractivity contribution in [1.82, 2.24) is 15.5 Å². The standard InChI is InChI=1S/C18H17N3O5/c22-15(19-14(18(23)24)11-13-7-4-10-25-13)8-9-16-20-17(21-26-16)12-5-2-1-3-6-12/h1-7,10,14H,8-9,11H2,(H,19,22)(H,23,24)/t14-/m1/s1. The molecule has 2 N–H and O–H groups in total. The predicted octanol–water partition coefficient (Wildman–Crippen LogP) is 2.07. The Morgan fingerprint density at radius 3 is 2.65 bits per heavy atom. The molecule has 0 aliphatic heterocycles. The minimum Gasteiger partial charge on any atom is -0.480 e. The molecule has 0 bridgehead atoms. The summed E-state index contributed by atoms with van der Waals surface area (Å²) in [6.45, 7) is 0. The van der Waals surface area contributed by atoms with Crippen LogP contribution in [0.2, 0.25) is 0 Å². The fourth-order valence-electron chi connectivity index (χ4n) is 2.38. The lowest BCUT2D eigenvalue weighted by molar-refractivity contribution is -0.141. The maximum atomic E-state index is 12.0. The number of aryl methyl sites for hydroxylation is 1. The van der Waals surface area contributed by atoms with Crippen molar-refractivity contribution in [3.8, 4) is 11.4 Å². The largest absolute Gasteiger partial charge is 0.480 e. The van der Waals surface area contributed by atoms with Crippen molar-refractivity contribution in [2.75, 3.05) is 0 Å². The van der Waals surface area contributed by atoms with Crippen LogP contribution in [-0.4, -0.2) is 33.2 Å². The maximum Gasteiger partial charge on any atom is 0.326 e. The molecule has 1 amide bonds. The van der Waals surface area contributed by atoms with E-state index in [0.717, 1.165) is 5.56 Å². The average Bonchev–Trinajstić information content (AvgIpc) is 3.32. The number of carboxylic acids is 1. The van der Waals surface area contributed by atoms with Gasteiger partial charge in [0.15, 0.2) is 0 Å². The highest BCUT2D eigenvalue weighted by Gasteiger charge is 2.22. The Kier molecular flexibility index (Phi) is 5.43. The van der Waals surface area contributed by atoms with Crippen LogP contribution in [0.4, 0.5) is 0 Å². The first-order chi connectivity index (χ1) is 12.6. The molecule has 0 unspecified atom stereocenters. The van der Waals surface area contributed by atoms with Gasteiger partial charge in [-0.1, -0.05) is 35.5 Å². The van der Waals surface area contributed by atoms with Gasteiger partial charge in [-0.2, -0.15) is 4.98 Å². The van der Waals surface area contributed by atoms with E-state index < -0.39 is 17.9 Å². The van der Waals surface area contributed by atoms with Gasteiger partial charge in [-0.05, 0) is 12.1 Å². The highest BCUT2D eigenvalue weighted by Crippen LogP contribution is 2.15. The van der Waals surface area contributed by atoms with Crippen molar-refractivity contribution in [3.63, 3.8) is 0 Å².